The number of ether oxygens (including phenoxy) is 2. The fourth-order valence-electron chi connectivity index (χ4n) is 2.68. The van der Waals surface area contributed by atoms with Crippen molar-refractivity contribution in [3.05, 3.63) is 0 Å². The monoisotopic (exact) mass is 255 g/mol. The van der Waals surface area contributed by atoms with Crippen LogP contribution in [0.4, 0.5) is 0 Å². The van der Waals surface area contributed by atoms with E-state index in [0.29, 0.717) is 6.10 Å². The van der Waals surface area contributed by atoms with Gasteiger partial charge in [0.25, 0.3) is 0 Å². The van der Waals surface area contributed by atoms with Crippen molar-refractivity contribution in [3.63, 3.8) is 0 Å². The number of amides is 1. The maximum absolute atomic E-state index is 11.8. The molecule has 1 amide bonds. The molecule has 0 aromatic rings. The summed E-state index contributed by atoms with van der Waals surface area (Å²) in [5, 5.41) is 3.04. The number of unbranched alkanes of at least 4 members (excludes halogenated alkanes) is 1. The van der Waals surface area contributed by atoms with Gasteiger partial charge in [0, 0.05) is 32.3 Å². The Hall–Kier alpha value is -0.610. The highest BCUT2D eigenvalue weighted by molar-refractivity contribution is 5.78. The third-order valence-electron chi connectivity index (χ3n) is 3.87. The number of carbonyl (C=O) groups is 1. The van der Waals surface area contributed by atoms with Crippen molar-refractivity contribution in [3.8, 4) is 0 Å². The molecule has 18 heavy (non-hydrogen) atoms. The largest absolute Gasteiger partial charge is 0.381 e. The first-order chi connectivity index (χ1) is 8.86. The number of carbonyl (C=O) groups excluding carboxylic acids is 1. The van der Waals surface area contributed by atoms with Gasteiger partial charge in [0.05, 0.1) is 6.10 Å². The van der Waals surface area contributed by atoms with Gasteiger partial charge >= 0.3 is 0 Å². The summed E-state index contributed by atoms with van der Waals surface area (Å²) in [6.45, 7) is 3.21. The van der Waals surface area contributed by atoms with Crippen LogP contribution in [0.1, 0.15) is 44.9 Å². The minimum absolute atomic E-state index is 0.178. The highest BCUT2D eigenvalue weighted by Crippen LogP contribution is 2.17. The number of rotatable bonds is 6. The maximum atomic E-state index is 11.8. The fraction of sp³-hybridized carbons (Fsp3) is 0.929. The average Bonchev–Trinajstić information content (AvgIpc) is 2.92. The van der Waals surface area contributed by atoms with E-state index in [2.05, 4.69) is 5.32 Å². The summed E-state index contributed by atoms with van der Waals surface area (Å²) < 4.78 is 10.8. The maximum Gasteiger partial charge on any atom is 0.223 e. The van der Waals surface area contributed by atoms with Crippen LogP contribution in [0.3, 0.4) is 0 Å². The van der Waals surface area contributed by atoms with Gasteiger partial charge < -0.3 is 14.8 Å². The molecule has 0 saturated carbocycles. The van der Waals surface area contributed by atoms with Gasteiger partial charge in [-0.25, -0.2) is 0 Å². The molecule has 0 aromatic heterocycles. The lowest BCUT2D eigenvalue weighted by atomic mass is 9.99. The number of hydrogen-bond donors (Lipinski definition) is 1. The van der Waals surface area contributed by atoms with Crippen LogP contribution in [-0.2, 0) is 14.3 Å². The Morgan fingerprint density at radius 3 is 2.67 bits per heavy atom. The fourth-order valence-corrected chi connectivity index (χ4v) is 2.68. The van der Waals surface area contributed by atoms with Crippen molar-refractivity contribution in [2.75, 3.05) is 26.4 Å². The summed E-state index contributed by atoms with van der Waals surface area (Å²) >= 11 is 0. The van der Waals surface area contributed by atoms with E-state index in [9.17, 15) is 4.79 Å². The number of nitrogens with one attached hydrogen (secondary N) is 1. The molecule has 0 unspecified atom stereocenters. The van der Waals surface area contributed by atoms with E-state index in [0.717, 1.165) is 58.5 Å². The SMILES string of the molecule is O=C(NCCCC[C@H]1CCCO1)C1CCOCC1. The molecule has 1 atom stereocenters. The second kappa shape index (κ2) is 7.74. The molecule has 4 heteroatoms. The molecule has 2 aliphatic rings. The Balaban J connectivity index is 1.48. The Kier molecular flexibility index (Phi) is 5.94. The van der Waals surface area contributed by atoms with Crippen LogP contribution in [0.2, 0.25) is 0 Å². The Bertz CT molecular complexity index is 245. The Morgan fingerprint density at radius 1 is 1.11 bits per heavy atom. The lowest BCUT2D eigenvalue weighted by Gasteiger charge is -2.21. The molecule has 0 radical (unpaired) electrons. The van der Waals surface area contributed by atoms with Gasteiger partial charge in [-0.15, -0.1) is 0 Å². The lowest BCUT2D eigenvalue weighted by Crippen LogP contribution is -2.34. The van der Waals surface area contributed by atoms with Crippen molar-refractivity contribution >= 4 is 5.91 Å². The Labute approximate surface area is 109 Å². The van der Waals surface area contributed by atoms with E-state index in [1.54, 1.807) is 0 Å². The molecule has 1 N–H and O–H groups in total. The molecule has 2 heterocycles. The molecule has 2 saturated heterocycles. The molecule has 2 rings (SSSR count). The van der Waals surface area contributed by atoms with Crippen LogP contribution in [0.25, 0.3) is 0 Å². The van der Waals surface area contributed by atoms with Crippen LogP contribution in [0, 0.1) is 5.92 Å². The number of hydrogen-bond acceptors (Lipinski definition) is 3. The van der Waals surface area contributed by atoms with Gasteiger partial charge in [0.15, 0.2) is 0 Å². The third-order valence-corrected chi connectivity index (χ3v) is 3.87. The first-order valence-corrected chi connectivity index (χ1v) is 7.33. The van der Waals surface area contributed by atoms with Gasteiger partial charge in [-0.2, -0.15) is 0 Å². The lowest BCUT2D eigenvalue weighted by molar-refractivity contribution is -0.127. The average molecular weight is 255 g/mol. The van der Waals surface area contributed by atoms with Crippen LogP contribution >= 0.6 is 0 Å². The van der Waals surface area contributed by atoms with E-state index < -0.39 is 0 Å². The normalized spacial score (nSPS) is 25.2. The standard InChI is InChI=1S/C14H25NO3/c16-14(12-6-10-17-11-7-12)15-8-2-1-4-13-5-3-9-18-13/h12-13H,1-11H2,(H,15,16)/t13-/m0/s1. The summed E-state index contributed by atoms with van der Waals surface area (Å²) in [5.74, 6) is 0.396. The first-order valence-electron chi connectivity index (χ1n) is 7.33. The molecule has 0 aliphatic carbocycles. The molecule has 0 bridgehead atoms. The smallest absolute Gasteiger partial charge is 0.223 e. The molecule has 2 aliphatic heterocycles. The van der Waals surface area contributed by atoms with Gasteiger partial charge in [0.2, 0.25) is 5.91 Å². The molecular weight excluding hydrogens is 230 g/mol. The van der Waals surface area contributed by atoms with Crippen molar-refractivity contribution in [2.24, 2.45) is 5.92 Å². The highest BCUT2D eigenvalue weighted by Gasteiger charge is 2.21. The summed E-state index contributed by atoms with van der Waals surface area (Å²) in [4.78, 5) is 11.8. The van der Waals surface area contributed by atoms with E-state index in [4.69, 9.17) is 9.47 Å². The molecule has 0 spiro atoms. The van der Waals surface area contributed by atoms with Crippen LogP contribution in [-0.4, -0.2) is 38.4 Å². The zero-order valence-electron chi connectivity index (χ0n) is 11.2. The zero-order valence-corrected chi connectivity index (χ0v) is 11.2. The predicted molar refractivity (Wildman–Crippen MR) is 69.4 cm³/mol. The summed E-state index contributed by atoms with van der Waals surface area (Å²) in [6.07, 6.45) is 8.03. The van der Waals surface area contributed by atoms with Gasteiger partial charge in [-0.3, -0.25) is 4.79 Å². The second-order valence-corrected chi connectivity index (χ2v) is 5.31. The topological polar surface area (TPSA) is 47.6 Å². The third kappa shape index (κ3) is 4.58. The summed E-state index contributed by atoms with van der Waals surface area (Å²) in [7, 11) is 0. The van der Waals surface area contributed by atoms with E-state index in [1.165, 1.54) is 12.8 Å². The summed E-state index contributed by atoms with van der Waals surface area (Å²) in [6, 6.07) is 0. The van der Waals surface area contributed by atoms with E-state index in [1.807, 2.05) is 0 Å². The minimum Gasteiger partial charge on any atom is -0.381 e. The van der Waals surface area contributed by atoms with E-state index in [-0.39, 0.29) is 11.8 Å². The van der Waals surface area contributed by atoms with Crippen molar-refractivity contribution in [1.29, 1.82) is 0 Å². The molecule has 0 aromatic carbocycles. The van der Waals surface area contributed by atoms with E-state index >= 15 is 0 Å². The second-order valence-electron chi connectivity index (χ2n) is 5.31. The van der Waals surface area contributed by atoms with Crippen molar-refractivity contribution in [2.45, 2.75) is 51.0 Å². The zero-order chi connectivity index (χ0) is 12.6. The van der Waals surface area contributed by atoms with Crippen LogP contribution in [0.5, 0.6) is 0 Å². The van der Waals surface area contributed by atoms with Crippen molar-refractivity contribution < 1.29 is 14.3 Å². The van der Waals surface area contributed by atoms with Gasteiger partial charge in [-0.05, 0) is 44.9 Å². The van der Waals surface area contributed by atoms with Crippen LogP contribution in [0.15, 0.2) is 0 Å². The molecular formula is C14H25NO3. The Morgan fingerprint density at radius 2 is 1.94 bits per heavy atom. The summed E-state index contributed by atoms with van der Waals surface area (Å²) in [5.41, 5.74) is 0. The quantitative estimate of drug-likeness (QED) is 0.737. The first kappa shape index (κ1) is 13.8. The van der Waals surface area contributed by atoms with Crippen LogP contribution < -0.4 is 5.32 Å². The predicted octanol–water partition coefficient (Wildman–Crippen LogP) is 1.88. The van der Waals surface area contributed by atoms with Crippen molar-refractivity contribution in [1.82, 2.24) is 5.32 Å². The molecule has 4 nitrogen and oxygen atoms in total. The van der Waals surface area contributed by atoms with Gasteiger partial charge in [0.1, 0.15) is 0 Å². The minimum atomic E-state index is 0.178. The highest BCUT2D eigenvalue weighted by atomic mass is 16.5. The molecule has 104 valence electrons. The van der Waals surface area contributed by atoms with Gasteiger partial charge in [-0.1, -0.05) is 0 Å². The molecule has 2 fully saturated rings.